The third-order valence-electron chi connectivity index (χ3n) is 2.37. The minimum atomic E-state index is -0.572. The fourth-order valence-electron chi connectivity index (χ4n) is 1.39. The molecule has 0 spiro atoms. The molecule has 68 valence electrons. The van der Waals surface area contributed by atoms with Gasteiger partial charge in [0.1, 0.15) is 5.72 Å². The Morgan fingerprint density at radius 3 is 2.75 bits per heavy atom. The number of hydrogen-bond acceptors (Lipinski definition) is 2. The minimum Gasteiger partial charge on any atom is -0.360 e. The van der Waals surface area contributed by atoms with Gasteiger partial charge < -0.3 is 4.74 Å². The second kappa shape index (κ2) is 3.87. The SMILES string of the molecule is CCC(N)(OC)C1=CCCC=C1. The van der Waals surface area contributed by atoms with Gasteiger partial charge in [0, 0.05) is 7.11 Å². The van der Waals surface area contributed by atoms with Crippen LogP contribution in [0.4, 0.5) is 0 Å². The first-order valence-electron chi connectivity index (χ1n) is 4.44. The van der Waals surface area contributed by atoms with Gasteiger partial charge in [0.2, 0.25) is 0 Å². The summed E-state index contributed by atoms with van der Waals surface area (Å²) in [6, 6.07) is 0. The molecule has 0 saturated carbocycles. The highest BCUT2D eigenvalue weighted by molar-refractivity contribution is 5.30. The molecule has 2 nitrogen and oxygen atoms in total. The molecule has 0 amide bonds. The maximum Gasteiger partial charge on any atom is 0.141 e. The van der Waals surface area contributed by atoms with Gasteiger partial charge in [-0.25, -0.2) is 0 Å². The zero-order chi connectivity index (χ0) is 9.03. The molecule has 2 heteroatoms. The molecule has 0 heterocycles. The molecule has 1 unspecified atom stereocenters. The van der Waals surface area contributed by atoms with Crippen LogP contribution in [0.5, 0.6) is 0 Å². The van der Waals surface area contributed by atoms with Gasteiger partial charge in [-0.3, -0.25) is 5.73 Å². The summed E-state index contributed by atoms with van der Waals surface area (Å²) in [5.41, 5.74) is 6.57. The zero-order valence-electron chi connectivity index (χ0n) is 7.84. The predicted octanol–water partition coefficient (Wildman–Crippen LogP) is 1.97. The second-order valence-corrected chi connectivity index (χ2v) is 3.09. The van der Waals surface area contributed by atoms with E-state index in [2.05, 4.69) is 18.2 Å². The maximum atomic E-state index is 6.03. The van der Waals surface area contributed by atoms with E-state index >= 15 is 0 Å². The fraction of sp³-hybridized carbons (Fsp3) is 0.600. The van der Waals surface area contributed by atoms with Crippen LogP contribution in [0.1, 0.15) is 26.2 Å². The molecule has 1 aliphatic carbocycles. The van der Waals surface area contributed by atoms with E-state index in [0.717, 1.165) is 24.8 Å². The first-order valence-corrected chi connectivity index (χ1v) is 4.44. The van der Waals surface area contributed by atoms with Crippen LogP contribution in [0.2, 0.25) is 0 Å². The lowest BCUT2D eigenvalue weighted by Gasteiger charge is -2.29. The molecule has 0 radical (unpaired) electrons. The molecule has 0 aromatic rings. The van der Waals surface area contributed by atoms with Crippen molar-refractivity contribution < 1.29 is 4.74 Å². The third-order valence-corrected chi connectivity index (χ3v) is 2.37. The predicted molar refractivity (Wildman–Crippen MR) is 50.7 cm³/mol. The van der Waals surface area contributed by atoms with E-state index in [1.54, 1.807) is 7.11 Å². The van der Waals surface area contributed by atoms with Gasteiger partial charge in [-0.1, -0.05) is 25.2 Å². The Kier molecular flexibility index (Phi) is 3.06. The van der Waals surface area contributed by atoms with Crippen molar-refractivity contribution in [2.45, 2.75) is 31.9 Å². The summed E-state index contributed by atoms with van der Waals surface area (Å²) in [6.07, 6.45) is 9.37. The van der Waals surface area contributed by atoms with Crippen LogP contribution < -0.4 is 5.73 Å². The Balaban J connectivity index is 2.78. The van der Waals surface area contributed by atoms with E-state index < -0.39 is 5.72 Å². The molecule has 0 bridgehead atoms. The molecule has 1 rings (SSSR count). The van der Waals surface area contributed by atoms with Crippen LogP contribution in [0.3, 0.4) is 0 Å². The van der Waals surface area contributed by atoms with Crippen molar-refractivity contribution in [1.29, 1.82) is 0 Å². The molecule has 0 aromatic carbocycles. The Bertz CT molecular complexity index is 202. The lowest BCUT2D eigenvalue weighted by molar-refractivity contribution is 0.0268. The number of allylic oxidation sites excluding steroid dienone is 2. The Hall–Kier alpha value is -0.600. The normalized spacial score (nSPS) is 21.8. The molecule has 0 fully saturated rings. The largest absolute Gasteiger partial charge is 0.360 e. The van der Waals surface area contributed by atoms with Crippen LogP contribution >= 0.6 is 0 Å². The van der Waals surface area contributed by atoms with Gasteiger partial charge in [-0.05, 0) is 24.8 Å². The summed E-state index contributed by atoms with van der Waals surface area (Å²) in [5.74, 6) is 0. The second-order valence-electron chi connectivity index (χ2n) is 3.09. The lowest BCUT2D eigenvalue weighted by Crippen LogP contribution is -2.42. The summed E-state index contributed by atoms with van der Waals surface area (Å²) in [7, 11) is 1.66. The molecule has 1 aliphatic rings. The van der Waals surface area contributed by atoms with Crippen molar-refractivity contribution >= 4 is 0 Å². The van der Waals surface area contributed by atoms with Crippen molar-refractivity contribution in [1.82, 2.24) is 0 Å². The smallest absolute Gasteiger partial charge is 0.141 e. The first kappa shape index (κ1) is 9.49. The molecule has 1 atom stereocenters. The van der Waals surface area contributed by atoms with Crippen molar-refractivity contribution in [2.24, 2.45) is 5.73 Å². The van der Waals surface area contributed by atoms with Crippen LogP contribution in [-0.4, -0.2) is 12.8 Å². The van der Waals surface area contributed by atoms with Crippen LogP contribution in [0.25, 0.3) is 0 Å². The third kappa shape index (κ3) is 1.76. The van der Waals surface area contributed by atoms with Crippen molar-refractivity contribution in [3.05, 3.63) is 23.8 Å². The van der Waals surface area contributed by atoms with Crippen molar-refractivity contribution in [3.8, 4) is 0 Å². The molecule has 2 N–H and O–H groups in total. The van der Waals surface area contributed by atoms with E-state index in [1.165, 1.54) is 0 Å². The number of ether oxygens (including phenoxy) is 1. The highest BCUT2D eigenvalue weighted by Gasteiger charge is 2.25. The van der Waals surface area contributed by atoms with Crippen LogP contribution in [0.15, 0.2) is 23.8 Å². The van der Waals surface area contributed by atoms with Gasteiger partial charge in [0.15, 0.2) is 0 Å². The number of hydrogen-bond donors (Lipinski definition) is 1. The summed E-state index contributed by atoms with van der Waals surface area (Å²) < 4.78 is 5.28. The van der Waals surface area contributed by atoms with Crippen LogP contribution in [-0.2, 0) is 4.74 Å². The number of rotatable bonds is 3. The minimum absolute atomic E-state index is 0.572. The quantitative estimate of drug-likeness (QED) is 0.652. The molecule has 0 saturated heterocycles. The maximum absolute atomic E-state index is 6.03. The standard InChI is InChI=1S/C10H17NO/c1-3-10(11,12-2)9-7-5-4-6-8-9/h5,7-8H,3-4,6,11H2,1-2H3. The van der Waals surface area contributed by atoms with E-state index in [4.69, 9.17) is 10.5 Å². The van der Waals surface area contributed by atoms with E-state index in [-0.39, 0.29) is 0 Å². The van der Waals surface area contributed by atoms with Gasteiger partial charge in [0.25, 0.3) is 0 Å². The van der Waals surface area contributed by atoms with Gasteiger partial charge in [-0.15, -0.1) is 0 Å². The Morgan fingerprint density at radius 1 is 1.58 bits per heavy atom. The molecule has 0 aromatic heterocycles. The molecule has 0 aliphatic heterocycles. The Morgan fingerprint density at radius 2 is 2.33 bits per heavy atom. The number of nitrogens with two attached hydrogens (primary N) is 1. The molecule has 12 heavy (non-hydrogen) atoms. The summed E-state index contributed by atoms with van der Waals surface area (Å²) in [5, 5.41) is 0. The summed E-state index contributed by atoms with van der Waals surface area (Å²) in [6.45, 7) is 2.03. The molecular weight excluding hydrogens is 150 g/mol. The Labute approximate surface area is 74.1 Å². The number of methoxy groups -OCH3 is 1. The van der Waals surface area contributed by atoms with E-state index in [1.807, 2.05) is 6.92 Å². The van der Waals surface area contributed by atoms with Gasteiger partial charge >= 0.3 is 0 Å². The first-order chi connectivity index (χ1) is 5.73. The fourth-order valence-corrected chi connectivity index (χ4v) is 1.39. The summed E-state index contributed by atoms with van der Waals surface area (Å²) in [4.78, 5) is 0. The van der Waals surface area contributed by atoms with E-state index in [0.29, 0.717) is 0 Å². The van der Waals surface area contributed by atoms with Gasteiger partial charge in [-0.2, -0.15) is 0 Å². The molecular formula is C10H17NO. The van der Waals surface area contributed by atoms with Crippen molar-refractivity contribution in [3.63, 3.8) is 0 Å². The average molecular weight is 167 g/mol. The highest BCUT2D eigenvalue weighted by atomic mass is 16.5. The van der Waals surface area contributed by atoms with Crippen molar-refractivity contribution in [2.75, 3.05) is 7.11 Å². The van der Waals surface area contributed by atoms with Crippen LogP contribution in [0, 0.1) is 0 Å². The topological polar surface area (TPSA) is 35.2 Å². The zero-order valence-corrected chi connectivity index (χ0v) is 7.84. The lowest BCUT2D eigenvalue weighted by atomic mass is 9.95. The highest BCUT2D eigenvalue weighted by Crippen LogP contribution is 2.23. The van der Waals surface area contributed by atoms with Gasteiger partial charge in [0.05, 0.1) is 0 Å². The summed E-state index contributed by atoms with van der Waals surface area (Å²) >= 11 is 0. The monoisotopic (exact) mass is 167 g/mol. The average Bonchev–Trinajstić information content (AvgIpc) is 2.18. The van der Waals surface area contributed by atoms with E-state index in [9.17, 15) is 0 Å².